The highest BCUT2D eigenvalue weighted by Crippen LogP contribution is 2.02. The summed E-state index contributed by atoms with van der Waals surface area (Å²) >= 11 is 0. The van der Waals surface area contributed by atoms with Crippen LogP contribution in [0, 0.1) is 0 Å². The van der Waals surface area contributed by atoms with Gasteiger partial charge in [0.15, 0.2) is 5.78 Å². The second-order valence-electron chi connectivity index (χ2n) is 4.97. The average molecular weight is 291 g/mol. The van der Waals surface area contributed by atoms with E-state index in [4.69, 9.17) is 5.73 Å². The van der Waals surface area contributed by atoms with Crippen molar-refractivity contribution in [2.75, 3.05) is 13.1 Å². The molecule has 0 aliphatic carbocycles. The minimum Gasteiger partial charge on any atom is -0.353 e. The Balaban J connectivity index is 2.46. The van der Waals surface area contributed by atoms with Crippen LogP contribution < -0.4 is 16.4 Å². The van der Waals surface area contributed by atoms with E-state index >= 15 is 0 Å². The first-order valence-corrected chi connectivity index (χ1v) is 7.41. The first kappa shape index (κ1) is 17.3. The number of rotatable bonds is 9. The monoisotopic (exact) mass is 291 g/mol. The summed E-state index contributed by atoms with van der Waals surface area (Å²) in [4.78, 5) is 23.7. The maximum atomic E-state index is 12.0. The number of ketones is 1. The van der Waals surface area contributed by atoms with Crippen LogP contribution in [0.5, 0.6) is 0 Å². The summed E-state index contributed by atoms with van der Waals surface area (Å²) in [5, 5.41) is 5.83. The van der Waals surface area contributed by atoms with Crippen LogP contribution in [-0.4, -0.2) is 36.9 Å². The Morgan fingerprint density at radius 2 is 1.86 bits per heavy atom. The normalized spacial score (nSPS) is 13.5. The highest BCUT2D eigenvalue weighted by atomic mass is 16.2. The highest BCUT2D eigenvalue weighted by molar-refractivity contribution is 5.86. The maximum Gasteiger partial charge on any atom is 0.237 e. The molecule has 0 aromatic heterocycles. The van der Waals surface area contributed by atoms with Gasteiger partial charge in [-0.25, -0.2) is 0 Å². The molecular weight excluding hydrogens is 266 g/mol. The molecule has 1 aromatic rings. The molecule has 116 valence electrons. The molecule has 1 rings (SSSR count). The van der Waals surface area contributed by atoms with Crippen LogP contribution in [0.3, 0.4) is 0 Å². The van der Waals surface area contributed by atoms with Crippen molar-refractivity contribution in [3.63, 3.8) is 0 Å². The van der Waals surface area contributed by atoms with Crippen LogP contribution in [0.25, 0.3) is 0 Å². The Morgan fingerprint density at radius 1 is 1.19 bits per heavy atom. The number of likely N-dealkylation sites (N-methyl/N-ethyl adjacent to an activating group) is 1. The molecule has 0 bridgehead atoms. The SMILES string of the molecule is CCN[C@@H](CNC(=O)C(N)Cc1ccccc1)C(=O)CC. The van der Waals surface area contributed by atoms with E-state index in [1.807, 2.05) is 44.2 Å². The average Bonchev–Trinajstić information content (AvgIpc) is 2.51. The van der Waals surface area contributed by atoms with Gasteiger partial charge in [-0.2, -0.15) is 0 Å². The molecule has 1 unspecified atom stereocenters. The van der Waals surface area contributed by atoms with Crippen molar-refractivity contribution in [3.05, 3.63) is 35.9 Å². The molecule has 0 aliphatic heterocycles. The van der Waals surface area contributed by atoms with E-state index in [2.05, 4.69) is 10.6 Å². The fourth-order valence-corrected chi connectivity index (χ4v) is 2.09. The van der Waals surface area contributed by atoms with Gasteiger partial charge >= 0.3 is 0 Å². The molecule has 0 aliphatic rings. The maximum absolute atomic E-state index is 12.0. The van der Waals surface area contributed by atoms with Crippen molar-refractivity contribution >= 4 is 11.7 Å². The Hall–Kier alpha value is -1.72. The summed E-state index contributed by atoms with van der Waals surface area (Å²) in [5.41, 5.74) is 6.92. The van der Waals surface area contributed by atoms with Crippen molar-refractivity contribution in [1.29, 1.82) is 0 Å². The van der Waals surface area contributed by atoms with Crippen LogP contribution in [0.15, 0.2) is 30.3 Å². The molecule has 21 heavy (non-hydrogen) atoms. The zero-order valence-electron chi connectivity index (χ0n) is 12.8. The third-order valence-corrected chi connectivity index (χ3v) is 3.30. The molecular formula is C16H25N3O2. The summed E-state index contributed by atoms with van der Waals surface area (Å²) in [6, 6.07) is 8.69. The molecule has 2 atom stereocenters. The Labute approximate surface area is 126 Å². The number of Topliss-reactive ketones (excluding diaryl/α,β-unsaturated/α-hetero) is 1. The van der Waals surface area contributed by atoms with Crippen LogP contribution in [0.2, 0.25) is 0 Å². The molecule has 0 radical (unpaired) electrons. The zero-order valence-corrected chi connectivity index (χ0v) is 12.8. The molecule has 0 saturated heterocycles. The fraction of sp³-hybridized carbons (Fsp3) is 0.500. The Morgan fingerprint density at radius 3 is 2.43 bits per heavy atom. The topological polar surface area (TPSA) is 84.2 Å². The lowest BCUT2D eigenvalue weighted by molar-refractivity contribution is -0.123. The van der Waals surface area contributed by atoms with Gasteiger partial charge in [0.2, 0.25) is 5.91 Å². The van der Waals surface area contributed by atoms with E-state index < -0.39 is 6.04 Å². The van der Waals surface area contributed by atoms with Crippen molar-refractivity contribution in [2.45, 2.75) is 38.8 Å². The largest absolute Gasteiger partial charge is 0.353 e. The lowest BCUT2D eigenvalue weighted by Crippen LogP contribution is -2.50. The van der Waals surface area contributed by atoms with E-state index in [1.54, 1.807) is 0 Å². The van der Waals surface area contributed by atoms with Crippen molar-refractivity contribution in [3.8, 4) is 0 Å². The van der Waals surface area contributed by atoms with Gasteiger partial charge in [-0.05, 0) is 18.5 Å². The van der Waals surface area contributed by atoms with Crippen molar-refractivity contribution in [2.24, 2.45) is 5.73 Å². The minimum absolute atomic E-state index is 0.0915. The number of nitrogens with one attached hydrogen (secondary N) is 2. The predicted molar refractivity (Wildman–Crippen MR) is 83.9 cm³/mol. The number of carbonyl (C=O) groups is 2. The highest BCUT2D eigenvalue weighted by Gasteiger charge is 2.19. The van der Waals surface area contributed by atoms with E-state index in [9.17, 15) is 9.59 Å². The molecule has 5 heteroatoms. The van der Waals surface area contributed by atoms with Gasteiger partial charge in [0, 0.05) is 13.0 Å². The number of hydrogen-bond donors (Lipinski definition) is 3. The Bertz CT molecular complexity index is 448. The van der Waals surface area contributed by atoms with Crippen molar-refractivity contribution < 1.29 is 9.59 Å². The third-order valence-electron chi connectivity index (χ3n) is 3.30. The number of benzene rings is 1. The second-order valence-corrected chi connectivity index (χ2v) is 4.97. The van der Waals surface area contributed by atoms with Gasteiger partial charge in [-0.3, -0.25) is 9.59 Å². The van der Waals surface area contributed by atoms with Crippen LogP contribution in [0.4, 0.5) is 0 Å². The molecule has 0 heterocycles. The molecule has 0 spiro atoms. The molecule has 4 N–H and O–H groups in total. The van der Waals surface area contributed by atoms with Crippen LogP contribution >= 0.6 is 0 Å². The Kier molecular flexibility index (Phi) is 7.64. The first-order valence-electron chi connectivity index (χ1n) is 7.41. The number of nitrogens with two attached hydrogens (primary N) is 1. The van der Waals surface area contributed by atoms with E-state index in [1.165, 1.54) is 0 Å². The smallest absolute Gasteiger partial charge is 0.237 e. The van der Waals surface area contributed by atoms with Crippen molar-refractivity contribution in [1.82, 2.24) is 10.6 Å². The summed E-state index contributed by atoms with van der Waals surface area (Å²) in [7, 11) is 0. The number of amides is 1. The molecule has 5 nitrogen and oxygen atoms in total. The van der Waals surface area contributed by atoms with E-state index in [0.29, 0.717) is 19.4 Å². The summed E-state index contributed by atoms with van der Waals surface area (Å²) in [5.74, 6) is -0.139. The van der Waals surface area contributed by atoms with Gasteiger partial charge in [-0.1, -0.05) is 44.2 Å². The molecule has 1 amide bonds. The first-order chi connectivity index (χ1) is 10.1. The quantitative estimate of drug-likeness (QED) is 0.623. The van der Waals surface area contributed by atoms with Gasteiger partial charge in [0.05, 0.1) is 12.1 Å². The van der Waals surface area contributed by atoms with E-state index in [-0.39, 0.29) is 24.3 Å². The molecule has 1 aromatic carbocycles. The summed E-state index contributed by atoms with van der Waals surface area (Å²) in [6.07, 6.45) is 0.934. The fourth-order valence-electron chi connectivity index (χ4n) is 2.09. The van der Waals surface area contributed by atoms with Gasteiger partial charge in [0.1, 0.15) is 0 Å². The van der Waals surface area contributed by atoms with Gasteiger partial charge in [0.25, 0.3) is 0 Å². The van der Waals surface area contributed by atoms with Crippen LogP contribution in [-0.2, 0) is 16.0 Å². The number of carbonyl (C=O) groups excluding carboxylic acids is 2. The van der Waals surface area contributed by atoms with Gasteiger partial charge < -0.3 is 16.4 Å². The standard InChI is InChI=1S/C16H25N3O2/c1-3-15(20)14(18-4-2)11-19-16(21)13(17)10-12-8-6-5-7-9-12/h5-9,13-14,18H,3-4,10-11,17H2,1-2H3,(H,19,21)/t13?,14-/m0/s1. The lowest BCUT2D eigenvalue weighted by Gasteiger charge is -2.18. The third kappa shape index (κ3) is 6.06. The minimum atomic E-state index is -0.605. The predicted octanol–water partition coefficient (Wildman–Crippen LogP) is 0.630. The van der Waals surface area contributed by atoms with Crippen LogP contribution in [0.1, 0.15) is 25.8 Å². The summed E-state index contributed by atoms with van der Waals surface area (Å²) < 4.78 is 0. The molecule has 0 saturated carbocycles. The molecule has 0 fully saturated rings. The van der Waals surface area contributed by atoms with Gasteiger partial charge in [-0.15, -0.1) is 0 Å². The number of hydrogen-bond acceptors (Lipinski definition) is 4. The van der Waals surface area contributed by atoms with E-state index in [0.717, 1.165) is 5.56 Å². The zero-order chi connectivity index (χ0) is 15.7. The second kappa shape index (κ2) is 9.26. The lowest BCUT2D eigenvalue weighted by atomic mass is 10.1. The summed E-state index contributed by atoms with van der Waals surface area (Å²) in [6.45, 7) is 4.71.